The lowest BCUT2D eigenvalue weighted by atomic mass is 10.1. The lowest BCUT2D eigenvalue weighted by Crippen LogP contribution is -2.46. The lowest BCUT2D eigenvalue weighted by molar-refractivity contribution is -0.129. The molecule has 2 amide bonds. The molecule has 0 unspecified atom stereocenters. The number of ether oxygens (including phenoxy) is 1. The van der Waals surface area contributed by atoms with Crippen LogP contribution in [0.4, 0.5) is 0 Å². The number of rotatable bonds is 10. The van der Waals surface area contributed by atoms with Crippen molar-refractivity contribution in [2.75, 3.05) is 6.61 Å². The van der Waals surface area contributed by atoms with Gasteiger partial charge in [0.1, 0.15) is 11.8 Å². The molecule has 0 fully saturated rings. The van der Waals surface area contributed by atoms with Crippen LogP contribution < -0.4 is 15.4 Å². The number of nitrogens with zero attached hydrogens (tertiary/aromatic N) is 2. The maximum Gasteiger partial charge on any atom is 0.258 e. The highest BCUT2D eigenvalue weighted by Gasteiger charge is 2.18. The number of hydrogen-bond donors (Lipinski definition) is 2. The Morgan fingerprint density at radius 1 is 0.914 bits per heavy atom. The molecule has 178 valence electrons. The molecule has 4 aromatic rings. The second-order valence-corrected chi connectivity index (χ2v) is 8.16. The number of nitrogens with one attached hydrogen (secondary N) is 2. The molecule has 0 bridgehead atoms. The highest BCUT2D eigenvalue weighted by molar-refractivity contribution is 5.87. The first kappa shape index (κ1) is 23.8. The predicted octanol–water partition coefficient (Wildman–Crippen LogP) is 3.80. The molecule has 7 heteroatoms. The van der Waals surface area contributed by atoms with E-state index in [0.29, 0.717) is 18.8 Å². The fourth-order valence-corrected chi connectivity index (χ4v) is 3.63. The van der Waals surface area contributed by atoms with E-state index in [1.165, 1.54) is 0 Å². The number of para-hydroxylation sites is 1. The molecule has 0 aliphatic heterocycles. The van der Waals surface area contributed by atoms with Gasteiger partial charge < -0.3 is 15.4 Å². The number of carbonyl (C=O) groups excluding carboxylic acids is 2. The van der Waals surface area contributed by atoms with Gasteiger partial charge in [0.25, 0.3) is 5.91 Å². The van der Waals surface area contributed by atoms with Gasteiger partial charge in [0.05, 0.1) is 12.2 Å². The maximum atomic E-state index is 12.7. The fourth-order valence-electron chi connectivity index (χ4n) is 3.63. The van der Waals surface area contributed by atoms with Crippen LogP contribution in [0.5, 0.6) is 5.75 Å². The Hall–Kier alpha value is -4.39. The number of aromatic nitrogens is 2. The van der Waals surface area contributed by atoms with E-state index in [1.807, 2.05) is 77.6 Å². The molecule has 0 radical (unpaired) electrons. The van der Waals surface area contributed by atoms with Gasteiger partial charge in [-0.05, 0) is 24.6 Å². The minimum atomic E-state index is -0.707. The van der Waals surface area contributed by atoms with E-state index in [4.69, 9.17) is 9.84 Å². The van der Waals surface area contributed by atoms with Crippen LogP contribution in [0, 0.1) is 0 Å². The average Bonchev–Trinajstić information content (AvgIpc) is 3.30. The van der Waals surface area contributed by atoms with Crippen molar-refractivity contribution in [3.8, 4) is 17.0 Å². The normalized spacial score (nSPS) is 11.5. The van der Waals surface area contributed by atoms with Gasteiger partial charge in [-0.2, -0.15) is 5.10 Å². The van der Waals surface area contributed by atoms with Crippen molar-refractivity contribution >= 4 is 11.8 Å². The smallest absolute Gasteiger partial charge is 0.258 e. The van der Waals surface area contributed by atoms with Crippen LogP contribution in [0.25, 0.3) is 11.3 Å². The number of carbonyl (C=O) groups is 2. The molecule has 0 aliphatic carbocycles. The van der Waals surface area contributed by atoms with E-state index in [1.54, 1.807) is 19.1 Å². The molecule has 1 heterocycles. The van der Waals surface area contributed by atoms with Gasteiger partial charge in [0.2, 0.25) is 5.91 Å². The van der Waals surface area contributed by atoms with E-state index in [9.17, 15) is 9.59 Å². The third kappa shape index (κ3) is 6.80. The van der Waals surface area contributed by atoms with E-state index >= 15 is 0 Å². The van der Waals surface area contributed by atoms with Crippen molar-refractivity contribution in [2.24, 2.45) is 0 Å². The van der Waals surface area contributed by atoms with Crippen LogP contribution in [-0.2, 0) is 22.7 Å². The Kier molecular flexibility index (Phi) is 7.91. The minimum absolute atomic E-state index is 0.161. The summed E-state index contributed by atoms with van der Waals surface area (Å²) < 4.78 is 7.32. The molecule has 4 rings (SSSR count). The zero-order valence-corrected chi connectivity index (χ0v) is 19.6. The van der Waals surface area contributed by atoms with Crippen molar-refractivity contribution in [1.29, 1.82) is 0 Å². The molecule has 3 aromatic carbocycles. The Bertz CT molecular complexity index is 1240. The maximum absolute atomic E-state index is 12.7. The molecular formula is C28H28N4O3. The summed E-state index contributed by atoms with van der Waals surface area (Å²) >= 11 is 0. The SMILES string of the molecule is C[C@H](NC(=O)COc1ccccc1)C(=O)NCc1cn(Cc2ccccc2)nc1-c1ccccc1. The highest BCUT2D eigenvalue weighted by Crippen LogP contribution is 2.22. The predicted molar refractivity (Wildman–Crippen MR) is 135 cm³/mol. The zero-order valence-electron chi connectivity index (χ0n) is 19.6. The van der Waals surface area contributed by atoms with Crippen molar-refractivity contribution in [2.45, 2.75) is 26.1 Å². The Morgan fingerprint density at radius 2 is 1.54 bits per heavy atom. The average molecular weight is 469 g/mol. The van der Waals surface area contributed by atoms with Gasteiger partial charge in [-0.15, -0.1) is 0 Å². The Balaban J connectivity index is 1.37. The van der Waals surface area contributed by atoms with E-state index in [2.05, 4.69) is 22.8 Å². The molecule has 7 nitrogen and oxygen atoms in total. The first-order valence-corrected chi connectivity index (χ1v) is 11.5. The first-order chi connectivity index (χ1) is 17.1. The highest BCUT2D eigenvalue weighted by atomic mass is 16.5. The molecule has 0 aliphatic rings. The summed E-state index contributed by atoms with van der Waals surface area (Å²) in [5, 5.41) is 10.4. The molecule has 0 saturated heterocycles. The van der Waals surface area contributed by atoms with Crippen LogP contribution in [0.3, 0.4) is 0 Å². The fraction of sp³-hybridized carbons (Fsp3) is 0.179. The summed E-state index contributed by atoms with van der Waals surface area (Å²) in [4.78, 5) is 24.9. The molecule has 1 aromatic heterocycles. The summed E-state index contributed by atoms with van der Waals surface area (Å²) in [6.45, 7) is 2.40. The van der Waals surface area contributed by atoms with E-state index in [0.717, 1.165) is 22.4 Å². The van der Waals surface area contributed by atoms with Gasteiger partial charge >= 0.3 is 0 Å². The molecule has 0 saturated carbocycles. The van der Waals surface area contributed by atoms with Crippen LogP contribution in [-0.4, -0.2) is 34.2 Å². The van der Waals surface area contributed by atoms with Crippen LogP contribution >= 0.6 is 0 Å². The third-order valence-electron chi connectivity index (χ3n) is 5.41. The van der Waals surface area contributed by atoms with Gasteiger partial charge in [0.15, 0.2) is 6.61 Å². The molecule has 0 spiro atoms. The Morgan fingerprint density at radius 3 is 2.23 bits per heavy atom. The molecular weight excluding hydrogens is 440 g/mol. The zero-order chi connectivity index (χ0) is 24.5. The van der Waals surface area contributed by atoms with Gasteiger partial charge in [0, 0.05) is 23.9 Å². The van der Waals surface area contributed by atoms with E-state index in [-0.39, 0.29) is 18.4 Å². The molecule has 35 heavy (non-hydrogen) atoms. The third-order valence-corrected chi connectivity index (χ3v) is 5.41. The second-order valence-electron chi connectivity index (χ2n) is 8.16. The number of amides is 2. The minimum Gasteiger partial charge on any atom is -0.484 e. The summed E-state index contributed by atoms with van der Waals surface area (Å²) in [5.74, 6) is -0.0502. The molecule has 1 atom stereocenters. The van der Waals surface area contributed by atoms with Crippen LogP contribution in [0.15, 0.2) is 97.2 Å². The van der Waals surface area contributed by atoms with Crippen molar-refractivity contribution in [3.63, 3.8) is 0 Å². The van der Waals surface area contributed by atoms with Gasteiger partial charge in [-0.3, -0.25) is 14.3 Å². The Labute approximate surface area is 204 Å². The summed E-state index contributed by atoms with van der Waals surface area (Å²) in [7, 11) is 0. The van der Waals surface area contributed by atoms with Crippen molar-refractivity contribution in [1.82, 2.24) is 20.4 Å². The molecule has 2 N–H and O–H groups in total. The summed E-state index contributed by atoms with van der Waals surface area (Å²) in [5.41, 5.74) is 3.82. The summed E-state index contributed by atoms with van der Waals surface area (Å²) in [6, 6.07) is 28.3. The van der Waals surface area contributed by atoms with Crippen LogP contribution in [0.2, 0.25) is 0 Å². The number of hydrogen-bond acceptors (Lipinski definition) is 4. The van der Waals surface area contributed by atoms with Gasteiger partial charge in [-0.1, -0.05) is 78.9 Å². The van der Waals surface area contributed by atoms with Crippen LogP contribution in [0.1, 0.15) is 18.1 Å². The summed E-state index contributed by atoms with van der Waals surface area (Å²) in [6.07, 6.45) is 1.95. The largest absolute Gasteiger partial charge is 0.484 e. The monoisotopic (exact) mass is 468 g/mol. The second kappa shape index (κ2) is 11.7. The topological polar surface area (TPSA) is 85.2 Å². The first-order valence-electron chi connectivity index (χ1n) is 11.5. The lowest BCUT2D eigenvalue weighted by Gasteiger charge is -2.14. The van der Waals surface area contributed by atoms with E-state index < -0.39 is 6.04 Å². The van der Waals surface area contributed by atoms with Crippen molar-refractivity contribution < 1.29 is 14.3 Å². The van der Waals surface area contributed by atoms with Gasteiger partial charge in [-0.25, -0.2) is 0 Å². The standard InChI is InChI=1S/C28H28N4O3/c1-21(30-26(33)20-35-25-15-9-4-10-16-25)28(34)29-17-24-19-32(18-22-11-5-2-6-12-22)31-27(24)23-13-7-3-8-14-23/h2-16,19,21H,17-18,20H2,1H3,(H,29,34)(H,30,33)/t21-/m0/s1. The quantitative estimate of drug-likeness (QED) is 0.371. The number of benzene rings is 3. The van der Waals surface area contributed by atoms with Crippen molar-refractivity contribution in [3.05, 3.63) is 108 Å².